The van der Waals surface area contributed by atoms with Crippen molar-refractivity contribution >= 4 is 29.3 Å². The van der Waals surface area contributed by atoms with Crippen LogP contribution in [0.4, 0.5) is 0 Å². The van der Waals surface area contributed by atoms with Crippen molar-refractivity contribution in [3.05, 3.63) is 28.8 Å². The minimum absolute atomic E-state index is 0.0459. The summed E-state index contributed by atoms with van der Waals surface area (Å²) < 4.78 is 5.89. The molecule has 0 saturated carbocycles. The third-order valence-corrected chi connectivity index (χ3v) is 4.47. The first-order valence-corrected chi connectivity index (χ1v) is 10.7. The first kappa shape index (κ1) is 20.1. The minimum Gasteiger partial charge on any atom is -0.444 e. The third-order valence-electron chi connectivity index (χ3n) is 3.73. The zero-order valence-electron chi connectivity index (χ0n) is 15.3. The maximum absolute atomic E-state index is 5.99. The highest BCUT2D eigenvalue weighted by atomic mass is 35.9. The Morgan fingerprint density at radius 2 is 1.09 bits per heavy atom. The van der Waals surface area contributed by atoms with E-state index in [2.05, 4.69) is 74.4 Å². The van der Waals surface area contributed by atoms with E-state index >= 15 is 0 Å². The molecule has 1 rings (SSSR count). The highest BCUT2D eigenvalue weighted by Gasteiger charge is 2.31. The SMILES string of the molecule is CC(C)(C)c1cc(C(C)(C)C)c(OP(Cl)Cl)c(C(C)(C)C)c1. The fourth-order valence-electron chi connectivity index (χ4n) is 2.34. The molecule has 0 fully saturated rings. The molecule has 4 heteroatoms. The third kappa shape index (κ3) is 5.02. The van der Waals surface area contributed by atoms with Crippen LogP contribution in [-0.2, 0) is 16.2 Å². The molecule has 0 amide bonds. The molecule has 0 aliphatic carbocycles. The normalized spacial score (nSPS) is 13.6. The second-order valence-electron chi connectivity index (χ2n) is 8.94. The van der Waals surface area contributed by atoms with E-state index in [-0.39, 0.29) is 16.2 Å². The van der Waals surface area contributed by atoms with Crippen LogP contribution >= 0.6 is 29.3 Å². The fourth-order valence-corrected chi connectivity index (χ4v) is 3.09. The van der Waals surface area contributed by atoms with Crippen molar-refractivity contribution < 1.29 is 4.52 Å². The molecule has 0 bridgehead atoms. The number of hydrogen-bond acceptors (Lipinski definition) is 1. The summed E-state index contributed by atoms with van der Waals surface area (Å²) in [6.45, 7) is 18.4. The second kappa shape index (κ2) is 6.50. The van der Waals surface area contributed by atoms with E-state index in [0.29, 0.717) is 0 Å². The predicted molar refractivity (Wildman–Crippen MR) is 102 cm³/mol. The van der Waals surface area contributed by atoms with Gasteiger partial charge in [0.05, 0.1) is 0 Å². The van der Waals surface area contributed by atoms with E-state index in [1.54, 1.807) is 0 Å². The molecule has 0 radical (unpaired) electrons. The quantitative estimate of drug-likeness (QED) is 0.490. The van der Waals surface area contributed by atoms with E-state index in [1.807, 2.05) is 0 Å². The molecule has 0 spiro atoms. The Kier molecular flexibility index (Phi) is 5.93. The Labute approximate surface area is 147 Å². The summed E-state index contributed by atoms with van der Waals surface area (Å²) in [5.41, 5.74) is 3.62. The molecule has 0 aliphatic heterocycles. The van der Waals surface area contributed by atoms with Crippen LogP contribution < -0.4 is 4.52 Å². The summed E-state index contributed by atoms with van der Waals surface area (Å²) in [5.74, 6) is 0.851. The molecule has 1 aromatic rings. The monoisotopic (exact) mass is 362 g/mol. The van der Waals surface area contributed by atoms with Crippen molar-refractivity contribution in [1.29, 1.82) is 0 Å². The van der Waals surface area contributed by atoms with Gasteiger partial charge in [0.15, 0.2) is 0 Å². The van der Waals surface area contributed by atoms with Gasteiger partial charge in [0.1, 0.15) is 5.75 Å². The van der Waals surface area contributed by atoms with E-state index in [9.17, 15) is 0 Å². The summed E-state index contributed by atoms with van der Waals surface area (Å²) in [4.78, 5) is 0. The van der Waals surface area contributed by atoms with Crippen LogP contribution in [0.5, 0.6) is 5.75 Å². The second-order valence-corrected chi connectivity index (χ2v) is 11.9. The zero-order valence-corrected chi connectivity index (χ0v) is 17.7. The molecule has 0 aromatic heterocycles. The smallest absolute Gasteiger partial charge is 0.284 e. The summed E-state index contributed by atoms with van der Waals surface area (Å²) in [6, 6.07) is 4.49. The van der Waals surface area contributed by atoms with Crippen LogP contribution in [-0.4, -0.2) is 0 Å². The van der Waals surface area contributed by atoms with Crippen LogP contribution in [0, 0.1) is 0 Å². The van der Waals surface area contributed by atoms with Crippen molar-refractivity contribution in [1.82, 2.24) is 0 Å². The molecule has 0 saturated heterocycles. The van der Waals surface area contributed by atoms with Crippen LogP contribution in [0.25, 0.3) is 0 Å². The molecule has 126 valence electrons. The maximum atomic E-state index is 5.99. The minimum atomic E-state index is -1.50. The molecule has 0 atom stereocenters. The predicted octanol–water partition coefficient (Wildman–Crippen LogP) is 7.66. The van der Waals surface area contributed by atoms with Crippen molar-refractivity contribution in [2.75, 3.05) is 0 Å². The highest BCUT2D eigenvalue weighted by Crippen LogP contribution is 2.53. The average molecular weight is 363 g/mol. The van der Waals surface area contributed by atoms with Gasteiger partial charge in [0.2, 0.25) is 0 Å². The van der Waals surface area contributed by atoms with E-state index in [4.69, 9.17) is 27.0 Å². The van der Waals surface area contributed by atoms with Gasteiger partial charge in [-0.25, -0.2) is 0 Å². The van der Waals surface area contributed by atoms with Crippen LogP contribution in [0.1, 0.15) is 79.0 Å². The lowest BCUT2D eigenvalue weighted by atomic mass is 9.75. The van der Waals surface area contributed by atoms with Crippen LogP contribution in [0.2, 0.25) is 0 Å². The Hall–Kier alpha value is 0.0300. The molecular formula is C18H29Cl2OP. The van der Waals surface area contributed by atoms with E-state index < -0.39 is 6.85 Å². The molecular weight excluding hydrogens is 334 g/mol. The molecule has 0 heterocycles. The van der Waals surface area contributed by atoms with Gasteiger partial charge in [0, 0.05) is 11.1 Å². The van der Waals surface area contributed by atoms with Gasteiger partial charge in [-0.3, -0.25) is 0 Å². The summed E-state index contributed by atoms with van der Waals surface area (Å²) in [7, 11) is 0. The molecule has 1 aromatic carbocycles. The number of rotatable bonds is 2. The lowest BCUT2D eigenvalue weighted by molar-refractivity contribution is 0.499. The number of benzene rings is 1. The van der Waals surface area contributed by atoms with Crippen LogP contribution in [0.15, 0.2) is 12.1 Å². The standard InChI is InChI=1S/C18H29Cl2OP/c1-16(2,3)12-10-13(17(4,5)6)15(21-22(19)20)14(11-12)18(7,8)9/h10-11H,1-9H3. The van der Waals surface area contributed by atoms with E-state index in [0.717, 1.165) is 5.75 Å². The number of hydrogen-bond donors (Lipinski definition) is 0. The van der Waals surface area contributed by atoms with Crippen molar-refractivity contribution in [2.24, 2.45) is 0 Å². The summed E-state index contributed by atoms with van der Waals surface area (Å²) in [6.07, 6.45) is 0. The van der Waals surface area contributed by atoms with Gasteiger partial charge in [-0.1, -0.05) is 74.4 Å². The maximum Gasteiger partial charge on any atom is 0.284 e. The lowest BCUT2D eigenvalue weighted by Crippen LogP contribution is -2.22. The Morgan fingerprint density at radius 1 is 0.727 bits per heavy atom. The molecule has 1 nitrogen and oxygen atoms in total. The van der Waals surface area contributed by atoms with Crippen LogP contribution in [0.3, 0.4) is 0 Å². The fraction of sp³-hybridized carbons (Fsp3) is 0.667. The largest absolute Gasteiger partial charge is 0.444 e. The first-order chi connectivity index (χ1) is 9.64. The van der Waals surface area contributed by atoms with Crippen molar-refractivity contribution in [2.45, 2.75) is 78.6 Å². The van der Waals surface area contributed by atoms with Gasteiger partial charge in [-0.15, -0.1) is 0 Å². The lowest BCUT2D eigenvalue weighted by Gasteiger charge is -2.33. The summed E-state index contributed by atoms with van der Waals surface area (Å²) in [5, 5.41) is 0. The van der Waals surface area contributed by atoms with Crippen molar-refractivity contribution in [3.63, 3.8) is 0 Å². The zero-order chi connectivity index (χ0) is 17.5. The molecule has 0 unspecified atom stereocenters. The number of halogens is 2. The van der Waals surface area contributed by atoms with Gasteiger partial charge in [0.25, 0.3) is 6.85 Å². The Bertz CT molecular complexity index is 496. The topological polar surface area (TPSA) is 9.23 Å². The van der Waals surface area contributed by atoms with Gasteiger partial charge < -0.3 is 4.52 Å². The average Bonchev–Trinajstić information content (AvgIpc) is 2.23. The molecule has 0 N–H and O–H groups in total. The van der Waals surface area contributed by atoms with Gasteiger partial charge in [-0.2, -0.15) is 0 Å². The Balaban J connectivity index is 3.78. The summed E-state index contributed by atoms with van der Waals surface area (Å²) >= 11 is 12.0. The van der Waals surface area contributed by atoms with Gasteiger partial charge >= 0.3 is 0 Å². The highest BCUT2D eigenvalue weighted by molar-refractivity contribution is 8.00. The molecule has 0 aliphatic rings. The Morgan fingerprint density at radius 3 is 1.32 bits per heavy atom. The van der Waals surface area contributed by atoms with Crippen molar-refractivity contribution in [3.8, 4) is 5.75 Å². The molecule has 22 heavy (non-hydrogen) atoms. The first-order valence-electron chi connectivity index (χ1n) is 7.63. The van der Waals surface area contributed by atoms with E-state index in [1.165, 1.54) is 16.7 Å². The van der Waals surface area contributed by atoms with Gasteiger partial charge in [-0.05, 0) is 44.3 Å².